The summed E-state index contributed by atoms with van der Waals surface area (Å²) < 4.78 is 0. The van der Waals surface area contributed by atoms with Gasteiger partial charge in [-0.1, -0.05) is 0 Å². The molecular weight excluding hydrogens is 284 g/mol. The molecule has 0 saturated carbocycles. The molecule has 2 aromatic heterocycles. The molecule has 110 valence electrons. The quantitative estimate of drug-likeness (QED) is 0.873. The second-order valence-corrected chi connectivity index (χ2v) is 6.08. The topological polar surface area (TPSA) is 39.7 Å². The third-order valence-corrected chi connectivity index (χ3v) is 4.35. The van der Waals surface area contributed by atoms with Gasteiger partial charge in [0, 0.05) is 37.1 Å². The van der Waals surface area contributed by atoms with Crippen LogP contribution in [0.3, 0.4) is 0 Å². The minimum Gasteiger partial charge on any atom is -0.326 e. The van der Waals surface area contributed by atoms with Crippen molar-refractivity contribution in [1.29, 1.82) is 0 Å². The first-order valence-corrected chi connectivity index (χ1v) is 7.75. The molecule has 21 heavy (non-hydrogen) atoms. The van der Waals surface area contributed by atoms with Gasteiger partial charge in [0.1, 0.15) is 0 Å². The number of rotatable bonds is 3. The van der Waals surface area contributed by atoms with Crippen LogP contribution in [0.5, 0.6) is 0 Å². The van der Waals surface area contributed by atoms with Gasteiger partial charge in [0.05, 0.1) is 16.9 Å². The van der Waals surface area contributed by atoms with Crippen LogP contribution in [0.1, 0.15) is 10.4 Å². The summed E-state index contributed by atoms with van der Waals surface area (Å²) in [5, 5.41) is 3.92. The maximum Gasteiger partial charge on any atom is 0.261 e. The highest BCUT2D eigenvalue weighted by Crippen LogP contribution is 2.39. The summed E-state index contributed by atoms with van der Waals surface area (Å²) in [7, 11) is 5.98. The summed E-state index contributed by atoms with van der Waals surface area (Å²) in [4.78, 5) is 23.3. The van der Waals surface area contributed by atoms with Crippen molar-refractivity contribution in [3.63, 3.8) is 0 Å². The Balaban J connectivity index is 2.10. The van der Waals surface area contributed by atoms with E-state index in [4.69, 9.17) is 0 Å². The molecule has 0 aliphatic carbocycles. The zero-order valence-corrected chi connectivity index (χ0v) is 13.2. The molecule has 1 aliphatic heterocycles. The van der Waals surface area contributed by atoms with Crippen molar-refractivity contribution in [2.75, 3.05) is 44.0 Å². The van der Waals surface area contributed by atoms with Crippen LogP contribution < -0.4 is 9.80 Å². The number of carbonyl (C=O) groups is 1. The zero-order valence-electron chi connectivity index (χ0n) is 12.4. The number of hydrogen-bond donors (Lipinski definition) is 0. The lowest BCUT2D eigenvalue weighted by Gasteiger charge is -2.24. The molecule has 0 saturated heterocycles. The van der Waals surface area contributed by atoms with Gasteiger partial charge in [-0.15, -0.1) is 11.3 Å². The average molecular weight is 302 g/mol. The Morgan fingerprint density at radius 2 is 2.10 bits per heavy atom. The lowest BCUT2D eigenvalue weighted by Crippen LogP contribution is -2.36. The van der Waals surface area contributed by atoms with Crippen LogP contribution in [-0.2, 0) is 0 Å². The first kappa shape index (κ1) is 14.0. The largest absolute Gasteiger partial charge is 0.326 e. The third kappa shape index (κ3) is 2.41. The van der Waals surface area contributed by atoms with Crippen molar-refractivity contribution in [3.8, 4) is 0 Å². The highest BCUT2D eigenvalue weighted by Gasteiger charge is 2.30. The van der Waals surface area contributed by atoms with Crippen LogP contribution in [-0.4, -0.2) is 50.0 Å². The number of pyridine rings is 1. The Morgan fingerprint density at radius 1 is 1.29 bits per heavy atom. The third-order valence-electron chi connectivity index (χ3n) is 3.62. The number of hydrogen-bond acceptors (Lipinski definition) is 5. The Bertz CT molecular complexity index is 667. The number of nitrogens with zero attached hydrogens (tertiary/aromatic N) is 4. The highest BCUT2D eigenvalue weighted by atomic mass is 32.1. The van der Waals surface area contributed by atoms with Gasteiger partial charge in [0.2, 0.25) is 0 Å². The van der Waals surface area contributed by atoms with Crippen molar-refractivity contribution in [1.82, 2.24) is 9.88 Å². The second kappa shape index (κ2) is 5.46. The number of aromatic nitrogens is 1. The molecule has 0 spiro atoms. The molecule has 5 nitrogen and oxygen atoms in total. The number of thiophene rings is 1. The Morgan fingerprint density at radius 3 is 2.86 bits per heavy atom. The fourth-order valence-corrected chi connectivity index (χ4v) is 3.30. The maximum absolute atomic E-state index is 12.9. The van der Waals surface area contributed by atoms with E-state index in [1.165, 1.54) is 0 Å². The van der Waals surface area contributed by atoms with E-state index >= 15 is 0 Å². The van der Waals surface area contributed by atoms with Crippen LogP contribution in [0.4, 0.5) is 17.2 Å². The van der Waals surface area contributed by atoms with Crippen molar-refractivity contribution >= 4 is 34.4 Å². The van der Waals surface area contributed by atoms with Crippen molar-refractivity contribution in [2.24, 2.45) is 0 Å². The standard InChI is InChI=1S/C15H18N4OS/c1-17(2)7-8-19-12-5-4-6-16-14(12)18(3)13-10-21-9-11(13)15(19)20/h4-6,9-10H,7-8H2,1-3H3. The molecule has 0 N–H and O–H groups in total. The SMILES string of the molecule is CN(C)CCN1C(=O)c2cscc2N(C)c2ncccc21. The summed E-state index contributed by atoms with van der Waals surface area (Å²) in [6.07, 6.45) is 1.77. The van der Waals surface area contributed by atoms with E-state index in [0.29, 0.717) is 6.54 Å². The molecule has 0 atom stereocenters. The number of anilines is 3. The molecule has 2 aromatic rings. The fourth-order valence-electron chi connectivity index (χ4n) is 2.46. The summed E-state index contributed by atoms with van der Waals surface area (Å²) in [6.45, 7) is 1.46. The first-order valence-electron chi connectivity index (χ1n) is 6.81. The van der Waals surface area contributed by atoms with E-state index in [9.17, 15) is 4.79 Å². The van der Waals surface area contributed by atoms with E-state index in [-0.39, 0.29) is 5.91 Å². The summed E-state index contributed by atoms with van der Waals surface area (Å²) in [5.74, 6) is 0.869. The smallest absolute Gasteiger partial charge is 0.261 e. The van der Waals surface area contributed by atoms with Crippen LogP contribution in [0.2, 0.25) is 0 Å². The lowest BCUT2D eigenvalue weighted by molar-refractivity contribution is 0.0987. The van der Waals surface area contributed by atoms with Gasteiger partial charge >= 0.3 is 0 Å². The van der Waals surface area contributed by atoms with Gasteiger partial charge in [-0.25, -0.2) is 4.98 Å². The number of amides is 1. The summed E-state index contributed by atoms with van der Waals surface area (Å²) >= 11 is 1.55. The van der Waals surface area contributed by atoms with Gasteiger partial charge in [0.15, 0.2) is 5.82 Å². The molecule has 3 heterocycles. The minimum absolute atomic E-state index is 0.0479. The number of fused-ring (bicyclic) bond motifs is 2. The van der Waals surface area contributed by atoms with Crippen LogP contribution in [0, 0.1) is 0 Å². The Hall–Kier alpha value is -1.92. The molecule has 1 amide bonds. The number of likely N-dealkylation sites (N-methyl/N-ethyl adjacent to an activating group) is 1. The molecule has 0 aromatic carbocycles. The van der Waals surface area contributed by atoms with Crippen molar-refractivity contribution < 1.29 is 4.79 Å². The van der Waals surface area contributed by atoms with Crippen LogP contribution >= 0.6 is 11.3 Å². The Kier molecular flexibility index (Phi) is 3.65. The van der Waals surface area contributed by atoms with Crippen LogP contribution in [0.15, 0.2) is 29.1 Å². The lowest BCUT2D eigenvalue weighted by atomic mass is 10.2. The van der Waals surface area contributed by atoms with Gasteiger partial charge < -0.3 is 14.7 Å². The average Bonchev–Trinajstić information content (AvgIpc) is 2.93. The van der Waals surface area contributed by atoms with E-state index in [2.05, 4.69) is 9.88 Å². The van der Waals surface area contributed by atoms with E-state index in [0.717, 1.165) is 29.3 Å². The molecule has 6 heteroatoms. The van der Waals surface area contributed by atoms with Gasteiger partial charge in [-0.05, 0) is 26.2 Å². The molecular formula is C15H18N4OS. The summed E-state index contributed by atoms with van der Waals surface area (Å²) in [6, 6.07) is 3.84. The summed E-state index contributed by atoms with van der Waals surface area (Å²) in [5.41, 5.74) is 2.55. The minimum atomic E-state index is 0.0479. The van der Waals surface area contributed by atoms with Gasteiger partial charge in [-0.2, -0.15) is 0 Å². The second-order valence-electron chi connectivity index (χ2n) is 5.34. The van der Waals surface area contributed by atoms with Crippen molar-refractivity contribution in [2.45, 2.75) is 0 Å². The van der Waals surface area contributed by atoms with Crippen LogP contribution in [0.25, 0.3) is 0 Å². The highest BCUT2D eigenvalue weighted by molar-refractivity contribution is 7.08. The van der Waals surface area contributed by atoms with Gasteiger partial charge in [-0.3, -0.25) is 4.79 Å². The monoisotopic (exact) mass is 302 g/mol. The predicted molar refractivity (Wildman–Crippen MR) is 86.8 cm³/mol. The molecule has 0 unspecified atom stereocenters. The Labute approximate surface area is 128 Å². The predicted octanol–water partition coefficient (Wildman–Crippen LogP) is 2.43. The molecule has 0 fully saturated rings. The molecule has 0 radical (unpaired) electrons. The van der Waals surface area contributed by atoms with E-state index in [1.807, 2.05) is 53.8 Å². The zero-order chi connectivity index (χ0) is 15.0. The fraction of sp³-hybridized carbons (Fsp3) is 0.333. The van der Waals surface area contributed by atoms with E-state index in [1.54, 1.807) is 17.5 Å². The maximum atomic E-state index is 12.9. The normalized spacial score (nSPS) is 14.2. The van der Waals surface area contributed by atoms with E-state index < -0.39 is 0 Å². The molecule has 3 rings (SSSR count). The molecule has 1 aliphatic rings. The first-order chi connectivity index (χ1) is 10.1. The molecule has 0 bridgehead atoms. The van der Waals surface area contributed by atoms with Gasteiger partial charge in [0.25, 0.3) is 5.91 Å². The number of carbonyl (C=O) groups excluding carboxylic acids is 1. The van der Waals surface area contributed by atoms with Crippen molar-refractivity contribution in [3.05, 3.63) is 34.7 Å².